The molecular weight excluding hydrogens is 381 g/mol. The van der Waals surface area contributed by atoms with E-state index in [1.54, 1.807) is 26.2 Å². The van der Waals surface area contributed by atoms with E-state index in [2.05, 4.69) is 15.1 Å². The van der Waals surface area contributed by atoms with Gasteiger partial charge in [-0.25, -0.2) is 4.98 Å². The number of rotatable bonds is 4. The number of aryl methyl sites for hydroxylation is 2. The van der Waals surface area contributed by atoms with E-state index < -0.39 is 11.9 Å². The van der Waals surface area contributed by atoms with Gasteiger partial charge in [-0.1, -0.05) is 6.07 Å². The second-order valence-electron chi connectivity index (χ2n) is 6.70. The summed E-state index contributed by atoms with van der Waals surface area (Å²) in [7, 11) is 1.57. The van der Waals surface area contributed by atoms with E-state index in [0.29, 0.717) is 23.7 Å². The molecule has 0 radical (unpaired) electrons. The van der Waals surface area contributed by atoms with Crippen molar-refractivity contribution in [3.8, 4) is 28.4 Å². The summed E-state index contributed by atoms with van der Waals surface area (Å²) in [6.07, 6.45) is -4.47. The number of pyridine rings is 1. The van der Waals surface area contributed by atoms with Gasteiger partial charge in [-0.3, -0.25) is 4.68 Å². The zero-order chi connectivity index (χ0) is 20.8. The van der Waals surface area contributed by atoms with Crippen LogP contribution in [0.3, 0.4) is 0 Å². The quantitative estimate of drug-likeness (QED) is 0.496. The fraction of sp³-hybridized carbons (Fsp3) is 0.238. The van der Waals surface area contributed by atoms with Gasteiger partial charge in [-0.05, 0) is 44.2 Å². The zero-order valence-electron chi connectivity index (χ0n) is 16.1. The van der Waals surface area contributed by atoms with Gasteiger partial charge >= 0.3 is 6.18 Å². The number of nitrogens with one attached hydrogen (secondary N) is 1. The van der Waals surface area contributed by atoms with Crippen LogP contribution in [0.4, 0.5) is 13.2 Å². The number of benzene rings is 1. The molecule has 8 heteroatoms. The van der Waals surface area contributed by atoms with Gasteiger partial charge in [0.15, 0.2) is 5.69 Å². The van der Waals surface area contributed by atoms with Crippen LogP contribution in [0.1, 0.15) is 18.3 Å². The van der Waals surface area contributed by atoms with Gasteiger partial charge < -0.3 is 9.72 Å². The molecule has 3 aromatic heterocycles. The Balaban J connectivity index is 1.78. The molecule has 1 N–H and O–H groups in total. The van der Waals surface area contributed by atoms with Crippen LogP contribution in [-0.2, 0) is 12.7 Å². The number of halogens is 3. The number of hydrogen-bond donors (Lipinski definition) is 1. The molecule has 0 aliphatic carbocycles. The SMILES string of the molecule is CCn1nc(C(F)(F)F)cc1-c1ccc2[nH]c(-c3ccc(OC)nc3C)cc2c1. The van der Waals surface area contributed by atoms with Crippen LogP contribution in [0.2, 0.25) is 0 Å². The van der Waals surface area contributed by atoms with Crippen LogP contribution in [0.15, 0.2) is 42.5 Å². The molecule has 4 rings (SSSR count). The zero-order valence-corrected chi connectivity index (χ0v) is 16.1. The van der Waals surface area contributed by atoms with Gasteiger partial charge in [0.05, 0.1) is 18.5 Å². The fourth-order valence-corrected chi connectivity index (χ4v) is 3.40. The number of ether oxygens (including phenoxy) is 1. The van der Waals surface area contributed by atoms with Crippen molar-refractivity contribution in [1.82, 2.24) is 19.7 Å². The summed E-state index contributed by atoms with van der Waals surface area (Å²) in [5, 5.41) is 4.59. The molecule has 0 bridgehead atoms. The molecule has 3 heterocycles. The maximum absolute atomic E-state index is 13.1. The van der Waals surface area contributed by atoms with Gasteiger partial charge in [-0.2, -0.15) is 18.3 Å². The Kier molecular flexibility index (Phi) is 4.56. The lowest BCUT2D eigenvalue weighted by Crippen LogP contribution is -2.07. The lowest BCUT2D eigenvalue weighted by molar-refractivity contribution is -0.141. The molecule has 0 unspecified atom stereocenters. The van der Waals surface area contributed by atoms with Crippen LogP contribution in [-0.4, -0.2) is 26.9 Å². The smallest absolute Gasteiger partial charge is 0.435 e. The molecule has 5 nitrogen and oxygen atoms in total. The molecule has 0 saturated heterocycles. The summed E-state index contributed by atoms with van der Waals surface area (Å²) in [5.41, 5.74) is 3.74. The third kappa shape index (κ3) is 3.46. The molecule has 0 aliphatic rings. The summed E-state index contributed by atoms with van der Waals surface area (Å²) in [5.74, 6) is 0.540. The van der Waals surface area contributed by atoms with Crippen molar-refractivity contribution in [2.45, 2.75) is 26.6 Å². The van der Waals surface area contributed by atoms with Crippen LogP contribution in [0, 0.1) is 6.92 Å². The second kappa shape index (κ2) is 6.95. The molecular formula is C21H19F3N4O. The Bertz CT molecular complexity index is 1190. The maximum atomic E-state index is 13.1. The van der Waals surface area contributed by atoms with E-state index in [4.69, 9.17) is 4.74 Å². The average molecular weight is 400 g/mol. The normalized spacial score (nSPS) is 11.9. The Morgan fingerprint density at radius 3 is 2.55 bits per heavy atom. The van der Waals surface area contributed by atoms with E-state index in [1.165, 1.54) is 4.68 Å². The molecule has 150 valence electrons. The van der Waals surface area contributed by atoms with Gasteiger partial charge in [-0.15, -0.1) is 0 Å². The first kappa shape index (κ1) is 19.0. The molecule has 4 aromatic rings. The van der Waals surface area contributed by atoms with Gasteiger partial charge in [0, 0.05) is 40.3 Å². The van der Waals surface area contributed by atoms with Crippen LogP contribution in [0.25, 0.3) is 33.4 Å². The minimum Gasteiger partial charge on any atom is -0.481 e. The van der Waals surface area contributed by atoms with Gasteiger partial charge in [0.25, 0.3) is 0 Å². The molecule has 0 saturated carbocycles. The lowest BCUT2D eigenvalue weighted by atomic mass is 10.1. The van der Waals surface area contributed by atoms with Crippen molar-refractivity contribution < 1.29 is 17.9 Å². The number of hydrogen-bond acceptors (Lipinski definition) is 3. The number of nitrogens with zero attached hydrogens (tertiary/aromatic N) is 3. The number of fused-ring (bicyclic) bond motifs is 1. The third-order valence-corrected chi connectivity index (χ3v) is 4.85. The van der Waals surface area contributed by atoms with Crippen molar-refractivity contribution in [1.29, 1.82) is 0 Å². The number of aromatic amines is 1. The van der Waals surface area contributed by atoms with Crippen LogP contribution < -0.4 is 4.74 Å². The Hall–Kier alpha value is -3.29. The predicted molar refractivity (Wildman–Crippen MR) is 105 cm³/mol. The minimum absolute atomic E-state index is 0.346. The number of aromatic nitrogens is 4. The number of H-pyrrole nitrogens is 1. The summed E-state index contributed by atoms with van der Waals surface area (Å²) in [6.45, 7) is 4.01. The molecule has 0 amide bonds. The van der Waals surface area contributed by atoms with E-state index in [0.717, 1.165) is 33.9 Å². The predicted octanol–water partition coefficient (Wildman–Crippen LogP) is 5.45. The van der Waals surface area contributed by atoms with Crippen LogP contribution in [0.5, 0.6) is 5.88 Å². The first-order valence-corrected chi connectivity index (χ1v) is 9.10. The van der Waals surface area contributed by atoms with Crippen LogP contribution >= 0.6 is 0 Å². The van der Waals surface area contributed by atoms with Crippen molar-refractivity contribution in [3.63, 3.8) is 0 Å². The highest BCUT2D eigenvalue weighted by Gasteiger charge is 2.35. The van der Waals surface area contributed by atoms with E-state index in [9.17, 15) is 13.2 Å². The second-order valence-corrected chi connectivity index (χ2v) is 6.70. The molecule has 0 aliphatic heterocycles. The van der Waals surface area contributed by atoms with Crippen molar-refractivity contribution >= 4 is 10.9 Å². The molecule has 29 heavy (non-hydrogen) atoms. The monoisotopic (exact) mass is 400 g/mol. The van der Waals surface area contributed by atoms with Gasteiger partial charge in [0.1, 0.15) is 0 Å². The summed E-state index contributed by atoms with van der Waals surface area (Å²) in [6, 6.07) is 12.3. The van der Waals surface area contributed by atoms with E-state index in [-0.39, 0.29) is 0 Å². The molecule has 0 fully saturated rings. The summed E-state index contributed by atoms with van der Waals surface area (Å²) >= 11 is 0. The highest BCUT2D eigenvalue weighted by atomic mass is 19.4. The highest BCUT2D eigenvalue weighted by Crippen LogP contribution is 2.34. The van der Waals surface area contributed by atoms with Gasteiger partial charge in [0.2, 0.25) is 5.88 Å². The average Bonchev–Trinajstić information content (AvgIpc) is 3.30. The topological polar surface area (TPSA) is 55.7 Å². The third-order valence-electron chi connectivity index (χ3n) is 4.85. The highest BCUT2D eigenvalue weighted by molar-refractivity contribution is 5.89. The summed E-state index contributed by atoms with van der Waals surface area (Å²) in [4.78, 5) is 7.74. The Morgan fingerprint density at radius 1 is 1.10 bits per heavy atom. The number of methoxy groups -OCH3 is 1. The largest absolute Gasteiger partial charge is 0.481 e. The first-order chi connectivity index (χ1) is 13.8. The fourth-order valence-electron chi connectivity index (χ4n) is 3.40. The van der Waals surface area contributed by atoms with E-state index >= 15 is 0 Å². The number of alkyl halides is 3. The first-order valence-electron chi connectivity index (χ1n) is 9.10. The molecule has 0 atom stereocenters. The molecule has 0 spiro atoms. The van der Waals surface area contributed by atoms with Crippen molar-refractivity contribution in [2.24, 2.45) is 0 Å². The lowest BCUT2D eigenvalue weighted by Gasteiger charge is -2.05. The maximum Gasteiger partial charge on any atom is 0.435 e. The minimum atomic E-state index is -4.47. The van der Waals surface area contributed by atoms with Crippen molar-refractivity contribution in [2.75, 3.05) is 7.11 Å². The molecule has 1 aromatic carbocycles. The van der Waals surface area contributed by atoms with E-state index in [1.807, 2.05) is 31.2 Å². The van der Waals surface area contributed by atoms with Crippen molar-refractivity contribution in [3.05, 3.63) is 53.9 Å². The Labute approximate surface area is 165 Å². The Morgan fingerprint density at radius 2 is 1.90 bits per heavy atom. The summed E-state index contributed by atoms with van der Waals surface area (Å²) < 4.78 is 45.7. The standard InChI is InChI=1S/C21H19F3N4O/c1-4-28-18(11-19(27-28)21(22,23)24)13-5-7-16-14(9-13)10-17(26-16)15-6-8-20(29-3)25-12(15)2/h5-11,26H,4H2,1-3H3.